The predicted octanol–water partition coefficient (Wildman–Crippen LogP) is 2.29. The van der Waals surface area contributed by atoms with Crippen LogP contribution < -0.4 is 33.2 Å². The quantitative estimate of drug-likeness (QED) is 0.405. The third-order valence-electron chi connectivity index (χ3n) is 4.17. The van der Waals surface area contributed by atoms with Crippen molar-refractivity contribution in [3.05, 3.63) is 77.5 Å². The summed E-state index contributed by atoms with van der Waals surface area (Å²) >= 11 is 1.87. The maximum absolute atomic E-state index is 2.38. The van der Waals surface area contributed by atoms with E-state index in [1.54, 1.807) is 0 Å². The fraction of sp³-hybridized carbons (Fsp3) is 0.227. The summed E-state index contributed by atoms with van der Waals surface area (Å²) in [4.78, 5) is 1.32. The highest BCUT2D eigenvalue weighted by Gasteiger charge is 2.08. The normalized spacial score (nSPS) is 11.6. The highest BCUT2D eigenvalue weighted by atomic mass is 127. The van der Waals surface area contributed by atoms with E-state index < -0.39 is 0 Å². The molecule has 2 aromatic carbocycles. The van der Waals surface area contributed by atoms with E-state index in [1.807, 2.05) is 11.3 Å². The van der Waals surface area contributed by atoms with E-state index in [1.165, 1.54) is 39.1 Å². The SMILES string of the molecule is CCCC[N+](C)=c1cc(-c2ccccc2)cc(-c2ccccc2)s1.[I-]. The molecule has 0 radical (unpaired) electrons. The summed E-state index contributed by atoms with van der Waals surface area (Å²) in [6.07, 6.45) is 2.44. The molecule has 0 saturated heterocycles. The van der Waals surface area contributed by atoms with E-state index >= 15 is 0 Å². The Morgan fingerprint density at radius 3 is 2.00 bits per heavy atom. The number of hydrogen-bond acceptors (Lipinski definition) is 1. The lowest BCUT2D eigenvalue weighted by molar-refractivity contribution is -0.00000477. The van der Waals surface area contributed by atoms with Crippen LogP contribution in [0.25, 0.3) is 21.6 Å². The molecule has 0 atom stereocenters. The molecule has 0 spiro atoms. The van der Waals surface area contributed by atoms with Gasteiger partial charge in [0.1, 0.15) is 13.6 Å². The topological polar surface area (TPSA) is 3.01 Å². The van der Waals surface area contributed by atoms with Crippen LogP contribution in [-0.4, -0.2) is 13.6 Å². The second-order valence-corrected chi connectivity index (χ2v) is 7.12. The van der Waals surface area contributed by atoms with Crippen molar-refractivity contribution >= 4 is 11.3 Å². The molecule has 0 saturated carbocycles. The molecular weight excluding hydrogens is 437 g/mol. The van der Waals surface area contributed by atoms with Crippen molar-refractivity contribution in [2.24, 2.45) is 0 Å². The minimum Gasteiger partial charge on any atom is -1.00 e. The first-order chi connectivity index (χ1) is 11.8. The zero-order chi connectivity index (χ0) is 16.8. The molecule has 0 aliphatic heterocycles. The van der Waals surface area contributed by atoms with Gasteiger partial charge in [-0.15, -0.1) is 0 Å². The van der Waals surface area contributed by atoms with Gasteiger partial charge in [-0.25, -0.2) is 4.58 Å². The van der Waals surface area contributed by atoms with E-state index in [9.17, 15) is 0 Å². The molecule has 0 aliphatic rings. The number of rotatable bonds is 5. The second kappa shape index (κ2) is 9.88. The van der Waals surface area contributed by atoms with Gasteiger partial charge in [-0.3, -0.25) is 0 Å². The van der Waals surface area contributed by atoms with Gasteiger partial charge in [-0.2, -0.15) is 0 Å². The summed E-state index contributed by atoms with van der Waals surface area (Å²) < 4.78 is 3.70. The Labute approximate surface area is 171 Å². The first kappa shape index (κ1) is 19.9. The van der Waals surface area contributed by atoms with Gasteiger partial charge >= 0.3 is 0 Å². The largest absolute Gasteiger partial charge is 1.00 e. The molecule has 25 heavy (non-hydrogen) atoms. The van der Waals surface area contributed by atoms with E-state index in [-0.39, 0.29) is 24.0 Å². The maximum atomic E-state index is 2.38. The monoisotopic (exact) mass is 461 g/mol. The lowest BCUT2D eigenvalue weighted by Crippen LogP contribution is -3.00. The van der Waals surface area contributed by atoms with Crippen molar-refractivity contribution in [2.75, 3.05) is 13.6 Å². The molecule has 0 bridgehead atoms. The number of halogens is 1. The second-order valence-electron chi connectivity index (χ2n) is 6.06. The van der Waals surface area contributed by atoms with Crippen LogP contribution in [0, 0.1) is 0 Å². The Bertz CT molecular complexity index is 793. The molecule has 0 N–H and O–H groups in total. The fourth-order valence-electron chi connectivity index (χ4n) is 2.72. The van der Waals surface area contributed by atoms with Crippen molar-refractivity contribution in [3.63, 3.8) is 0 Å². The molecule has 0 aliphatic carbocycles. The molecule has 0 fully saturated rings. The molecule has 3 rings (SSSR count). The van der Waals surface area contributed by atoms with Crippen molar-refractivity contribution in [2.45, 2.75) is 19.8 Å². The van der Waals surface area contributed by atoms with E-state index in [0.717, 1.165) is 6.54 Å². The molecule has 1 nitrogen and oxygen atoms in total. The van der Waals surface area contributed by atoms with E-state index in [0.29, 0.717) is 0 Å². The Hall–Kier alpha value is -1.46. The average Bonchev–Trinajstić information content (AvgIpc) is 2.67. The first-order valence-corrected chi connectivity index (χ1v) is 9.39. The molecule has 1 aromatic heterocycles. The van der Waals surface area contributed by atoms with Gasteiger partial charge in [0, 0.05) is 17.4 Å². The van der Waals surface area contributed by atoms with E-state index in [2.05, 4.69) is 91.3 Å². The first-order valence-electron chi connectivity index (χ1n) is 8.58. The molecule has 0 amide bonds. The molecule has 1 heterocycles. The molecule has 0 unspecified atom stereocenters. The number of unbranched alkanes of at least 4 members (excludes halogenated alkanes) is 1. The summed E-state index contributed by atoms with van der Waals surface area (Å²) in [7, 11) is 2.20. The maximum Gasteiger partial charge on any atom is 0.257 e. The summed E-state index contributed by atoms with van der Waals surface area (Å²) in [6.45, 7) is 3.34. The van der Waals surface area contributed by atoms with Gasteiger partial charge in [-0.1, -0.05) is 85.3 Å². The fourth-order valence-corrected chi connectivity index (χ4v) is 3.82. The number of benzene rings is 2. The van der Waals surface area contributed by atoms with Crippen LogP contribution in [0.3, 0.4) is 0 Å². The van der Waals surface area contributed by atoms with Crippen molar-refractivity contribution in [1.29, 1.82) is 0 Å². The zero-order valence-corrected chi connectivity index (χ0v) is 17.8. The Morgan fingerprint density at radius 2 is 1.40 bits per heavy atom. The predicted molar refractivity (Wildman–Crippen MR) is 106 cm³/mol. The summed E-state index contributed by atoms with van der Waals surface area (Å²) in [5.74, 6) is 0. The average molecular weight is 461 g/mol. The number of nitrogens with zero attached hydrogens (tertiary/aromatic N) is 1. The van der Waals surface area contributed by atoms with Crippen LogP contribution in [0.5, 0.6) is 0 Å². The van der Waals surface area contributed by atoms with Gasteiger partial charge in [-0.05, 0) is 22.8 Å². The van der Waals surface area contributed by atoms with Crippen molar-refractivity contribution in [1.82, 2.24) is 4.58 Å². The van der Waals surface area contributed by atoms with Crippen LogP contribution in [0.15, 0.2) is 72.8 Å². The Kier molecular flexibility index (Phi) is 7.85. The summed E-state index contributed by atoms with van der Waals surface area (Å²) in [6, 6.07) is 26.0. The van der Waals surface area contributed by atoms with Gasteiger partial charge in [0.25, 0.3) is 4.67 Å². The van der Waals surface area contributed by atoms with Gasteiger partial charge in [0.15, 0.2) is 0 Å². The van der Waals surface area contributed by atoms with Crippen molar-refractivity contribution in [3.8, 4) is 21.6 Å². The smallest absolute Gasteiger partial charge is 0.257 e. The molecule has 3 heteroatoms. The van der Waals surface area contributed by atoms with E-state index in [4.69, 9.17) is 0 Å². The zero-order valence-electron chi connectivity index (χ0n) is 14.8. The standard InChI is InChI=1S/C22H24NS.HI/c1-3-4-15-23(2)22-17-20(18-11-7-5-8-12-18)16-21(24-22)19-13-9-6-10-14-19;/h5-14,16-17H,3-4,15H2,1-2H3;1H/q+1;/p-1. The van der Waals surface area contributed by atoms with Crippen LogP contribution in [0.2, 0.25) is 0 Å². The third-order valence-corrected chi connectivity index (χ3v) is 5.38. The van der Waals surface area contributed by atoms with Crippen LogP contribution in [0.4, 0.5) is 0 Å². The lowest BCUT2D eigenvalue weighted by Gasteiger charge is -2.06. The molecular formula is C22H24INS. The van der Waals surface area contributed by atoms with Gasteiger partial charge in [0.2, 0.25) is 0 Å². The van der Waals surface area contributed by atoms with Crippen molar-refractivity contribution < 1.29 is 24.0 Å². The lowest BCUT2D eigenvalue weighted by atomic mass is 10.1. The molecule has 3 aromatic rings. The highest BCUT2D eigenvalue weighted by molar-refractivity contribution is 7.12. The molecule has 130 valence electrons. The minimum absolute atomic E-state index is 0. The van der Waals surface area contributed by atoms with Gasteiger partial charge in [0.05, 0.1) is 0 Å². The van der Waals surface area contributed by atoms with Crippen LogP contribution in [-0.2, 0) is 0 Å². The number of hydrogen-bond donors (Lipinski definition) is 0. The Morgan fingerprint density at radius 1 is 0.800 bits per heavy atom. The minimum atomic E-state index is 0. The highest BCUT2D eigenvalue weighted by Crippen LogP contribution is 2.27. The summed E-state index contributed by atoms with van der Waals surface area (Å²) in [5.41, 5.74) is 3.84. The van der Waals surface area contributed by atoms with Crippen LogP contribution in [0.1, 0.15) is 19.8 Å². The Balaban J connectivity index is 0.00000225. The van der Waals surface area contributed by atoms with Crippen LogP contribution >= 0.6 is 11.3 Å². The summed E-state index contributed by atoms with van der Waals surface area (Å²) in [5, 5.41) is 0. The van der Waals surface area contributed by atoms with Gasteiger partial charge < -0.3 is 24.0 Å². The third kappa shape index (κ3) is 5.25.